The fraction of sp³-hybridized carbons (Fsp3) is 0.150. The Balaban J connectivity index is 1.50. The van der Waals surface area contributed by atoms with Gasteiger partial charge >= 0.3 is 0 Å². The van der Waals surface area contributed by atoms with Crippen molar-refractivity contribution in [3.05, 3.63) is 74.1 Å². The smallest absolute Gasteiger partial charge is 0.287 e. The van der Waals surface area contributed by atoms with Crippen molar-refractivity contribution in [2.75, 3.05) is 0 Å². The third-order valence-corrected chi connectivity index (χ3v) is 6.75. The van der Waals surface area contributed by atoms with Crippen LogP contribution in [0, 0.1) is 13.8 Å². The molecule has 0 unspecified atom stereocenters. The van der Waals surface area contributed by atoms with Crippen molar-refractivity contribution in [3.8, 4) is 5.95 Å². The van der Waals surface area contributed by atoms with Crippen LogP contribution in [0.5, 0.6) is 0 Å². The molecule has 30 heavy (non-hydrogen) atoms. The van der Waals surface area contributed by atoms with E-state index in [2.05, 4.69) is 25.0 Å². The lowest BCUT2D eigenvalue weighted by Crippen LogP contribution is -2.20. The van der Waals surface area contributed by atoms with Gasteiger partial charge in [-0.2, -0.15) is 4.68 Å². The van der Waals surface area contributed by atoms with E-state index < -0.39 is 5.56 Å². The van der Waals surface area contributed by atoms with Crippen molar-refractivity contribution < 1.29 is 0 Å². The molecular formula is C20H16N6O2S2. The Labute approximate surface area is 178 Å². The van der Waals surface area contributed by atoms with E-state index in [1.165, 1.54) is 10.7 Å². The molecule has 0 fully saturated rings. The first-order valence-corrected chi connectivity index (χ1v) is 11.0. The highest BCUT2D eigenvalue weighted by Crippen LogP contribution is 2.30. The Morgan fingerprint density at radius 1 is 1.07 bits per heavy atom. The summed E-state index contributed by atoms with van der Waals surface area (Å²) in [6.45, 7) is 3.66. The van der Waals surface area contributed by atoms with Gasteiger partial charge in [0.25, 0.3) is 11.5 Å². The molecule has 0 bridgehead atoms. The van der Waals surface area contributed by atoms with E-state index >= 15 is 0 Å². The summed E-state index contributed by atoms with van der Waals surface area (Å²) in [7, 11) is 0. The number of rotatable bonds is 4. The van der Waals surface area contributed by atoms with Crippen LogP contribution in [0.4, 0.5) is 0 Å². The van der Waals surface area contributed by atoms with Gasteiger partial charge < -0.3 is 4.98 Å². The lowest BCUT2D eigenvalue weighted by atomic mass is 10.3. The van der Waals surface area contributed by atoms with Crippen LogP contribution in [-0.2, 0) is 5.75 Å². The molecule has 150 valence electrons. The van der Waals surface area contributed by atoms with E-state index in [1.54, 1.807) is 23.1 Å². The van der Waals surface area contributed by atoms with E-state index in [9.17, 15) is 9.59 Å². The van der Waals surface area contributed by atoms with Crippen LogP contribution < -0.4 is 11.0 Å². The molecule has 4 aromatic heterocycles. The van der Waals surface area contributed by atoms with Crippen LogP contribution in [0.25, 0.3) is 27.2 Å². The maximum absolute atomic E-state index is 12.8. The van der Waals surface area contributed by atoms with Crippen LogP contribution >= 0.6 is 23.1 Å². The van der Waals surface area contributed by atoms with E-state index in [4.69, 9.17) is 0 Å². The first-order valence-electron chi connectivity index (χ1n) is 9.16. The predicted octanol–water partition coefficient (Wildman–Crippen LogP) is 3.32. The molecule has 0 aliphatic carbocycles. The lowest BCUT2D eigenvalue weighted by Gasteiger charge is -2.02. The number of aromatic amines is 2. The van der Waals surface area contributed by atoms with Crippen LogP contribution in [0.3, 0.4) is 0 Å². The zero-order valence-corrected chi connectivity index (χ0v) is 17.7. The summed E-state index contributed by atoms with van der Waals surface area (Å²) in [5.74, 6) is 0.741. The second kappa shape index (κ2) is 7.22. The Morgan fingerprint density at radius 2 is 1.83 bits per heavy atom. The van der Waals surface area contributed by atoms with Gasteiger partial charge in [0.2, 0.25) is 0 Å². The van der Waals surface area contributed by atoms with Crippen LogP contribution in [-0.4, -0.2) is 29.7 Å². The zero-order chi connectivity index (χ0) is 20.8. The number of para-hydroxylation sites is 1. The molecule has 5 rings (SSSR count). The molecule has 0 aliphatic rings. The third-order valence-electron chi connectivity index (χ3n) is 4.52. The molecule has 10 heteroatoms. The number of hydrogen-bond acceptors (Lipinski definition) is 7. The van der Waals surface area contributed by atoms with Crippen LogP contribution in [0.1, 0.15) is 17.1 Å². The molecule has 2 N–H and O–H groups in total. The molecule has 0 spiro atoms. The number of thioether (sulfide) groups is 1. The number of nitrogens with one attached hydrogen (secondary N) is 2. The summed E-state index contributed by atoms with van der Waals surface area (Å²) < 4.78 is 3.25. The fourth-order valence-electron chi connectivity index (χ4n) is 3.26. The number of aryl methyl sites for hydroxylation is 2. The quantitative estimate of drug-likeness (QED) is 0.418. The number of fused-ring (bicyclic) bond motifs is 2. The highest BCUT2D eigenvalue weighted by Gasteiger charge is 2.16. The van der Waals surface area contributed by atoms with Crippen molar-refractivity contribution >= 4 is 44.3 Å². The minimum absolute atomic E-state index is 0.0616. The molecule has 0 saturated carbocycles. The van der Waals surface area contributed by atoms with Crippen molar-refractivity contribution in [3.63, 3.8) is 0 Å². The summed E-state index contributed by atoms with van der Waals surface area (Å²) in [6, 6.07) is 11.2. The Kier molecular flexibility index (Phi) is 4.52. The average molecular weight is 437 g/mol. The van der Waals surface area contributed by atoms with Crippen molar-refractivity contribution in [2.45, 2.75) is 23.9 Å². The first kappa shape index (κ1) is 18.8. The Hall–Kier alpha value is -3.24. The second-order valence-corrected chi connectivity index (χ2v) is 9.10. The van der Waals surface area contributed by atoms with E-state index in [-0.39, 0.29) is 16.8 Å². The largest absolute Gasteiger partial charge is 0.343 e. The number of H-pyrrole nitrogens is 2. The number of aromatic nitrogens is 6. The molecular weight excluding hydrogens is 420 g/mol. The minimum Gasteiger partial charge on any atom is -0.343 e. The number of benzene rings is 1. The van der Waals surface area contributed by atoms with Crippen LogP contribution in [0.2, 0.25) is 0 Å². The average Bonchev–Trinajstić information content (AvgIpc) is 3.26. The summed E-state index contributed by atoms with van der Waals surface area (Å²) >= 11 is 3.15. The molecule has 0 amide bonds. The van der Waals surface area contributed by atoms with Crippen molar-refractivity contribution in [1.29, 1.82) is 0 Å². The summed E-state index contributed by atoms with van der Waals surface area (Å²) in [5.41, 5.74) is 2.68. The van der Waals surface area contributed by atoms with Gasteiger partial charge in [-0.1, -0.05) is 23.9 Å². The SMILES string of the molecule is Cc1cc(C)nc(-n2[nH]c3[nH]c(CSc4nc5ccccc5s4)cc(=O)c3c2=O)n1. The predicted molar refractivity (Wildman–Crippen MR) is 119 cm³/mol. The highest BCUT2D eigenvalue weighted by molar-refractivity contribution is 8.00. The summed E-state index contributed by atoms with van der Waals surface area (Å²) in [5, 5.41) is 3.00. The third kappa shape index (κ3) is 3.33. The van der Waals surface area contributed by atoms with Gasteiger partial charge in [-0.25, -0.2) is 15.0 Å². The van der Waals surface area contributed by atoms with E-state index in [0.717, 1.165) is 25.9 Å². The van der Waals surface area contributed by atoms with Crippen molar-refractivity contribution in [1.82, 2.24) is 29.7 Å². The van der Waals surface area contributed by atoms with Gasteiger partial charge in [0, 0.05) is 28.9 Å². The Bertz CT molecular complexity index is 1470. The number of pyridine rings is 1. The number of hydrogen-bond donors (Lipinski definition) is 2. The molecule has 0 saturated heterocycles. The van der Waals surface area contributed by atoms with E-state index in [0.29, 0.717) is 17.1 Å². The van der Waals surface area contributed by atoms with Crippen LogP contribution in [0.15, 0.2) is 50.3 Å². The normalized spacial score (nSPS) is 11.5. The highest BCUT2D eigenvalue weighted by atomic mass is 32.2. The monoisotopic (exact) mass is 436 g/mol. The number of nitrogens with zero attached hydrogens (tertiary/aromatic N) is 4. The lowest BCUT2D eigenvalue weighted by molar-refractivity contribution is 0.777. The molecule has 0 aliphatic heterocycles. The Morgan fingerprint density at radius 3 is 2.60 bits per heavy atom. The molecule has 8 nitrogen and oxygen atoms in total. The van der Waals surface area contributed by atoms with E-state index in [1.807, 2.05) is 44.2 Å². The minimum atomic E-state index is -0.471. The van der Waals surface area contributed by atoms with Gasteiger partial charge in [-0.15, -0.1) is 11.3 Å². The zero-order valence-electron chi connectivity index (χ0n) is 16.1. The van der Waals surface area contributed by atoms with Gasteiger partial charge in [0.1, 0.15) is 11.0 Å². The van der Waals surface area contributed by atoms with Crippen molar-refractivity contribution in [2.24, 2.45) is 0 Å². The van der Waals surface area contributed by atoms with Gasteiger partial charge in [0.05, 0.1) is 10.2 Å². The number of thiazole rings is 1. The maximum Gasteiger partial charge on any atom is 0.287 e. The standard InChI is InChI=1S/C20H16N6O2S2/c1-10-7-11(2)22-19(21-10)26-18(28)16-14(27)8-12(23-17(16)25-26)9-29-20-24-13-5-3-4-6-15(13)30-20/h3-8H,9H2,1-2H3,(H2,23,25,27). The first-order chi connectivity index (χ1) is 14.5. The molecule has 1 aromatic carbocycles. The van der Waals surface area contributed by atoms with Gasteiger partial charge in [0.15, 0.2) is 9.77 Å². The summed E-state index contributed by atoms with van der Waals surface area (Å²) in [4.78, 5) is 41.8. The maximum atomic E-state index is 12.8. The topological polar surface area (TPSA) is 109 Å². The second-order valence-electron chi connectivity index (χ2n) is 6.85. The molecule has 0 atom stereocenters. The molecule has 0 radical (unpaired) electrons. The molecule has 5 aromatic rings. The fourth-order valence-corrected chi connectivity index (χ4v) is 5.24. The van der Waals surface area contributed by atoms with Gasteiger partial charge in [-0.3, -0.25) is 14.7 Å². The molecule has 4 heterocycles. The van der Waals surface area contributed by atoms with Gasteiger partial charge in [-0.05, 0) is 32.0 Å². The summed E-state index contributed by atoms with van der Waals surface area (Å²) in [6.07, 6.45) is 0.